The zero-order valence-corrected chi connectivity index (χ0v) is 16.2. The molecule has 0 aliphatic carbocycles. The maximum Gasteiger partial charge on any atom is 0.341 e. The second-order valence-corrected chi connectivity index (χ2v) is 6.51. The van der Waals surface area contributed by atoms with Crippen LogP contribution in [0, 0.1) is 12.7 Å². The van der Waals surface area contributed by atoms with E-state index in [9.17, 15) is 18.8 Å². The van der Waals surface area contributed by atoms with Gasteiger partial charge in [-0.2, -0.15) is 0 Å². The molecule has 7 heteroatoms. The maximum absolute atomic E-state index is 13.0. The molecule has 2 unspecified atom stereocenters. The van der Waals surface area contributed by atoms with Gasteiger partial charge in [-0.1, -0.05) is 24.3 Å². The van der Waals surface area contributed by atoms with E-state index in [2.05, 4.69) is 10.6 Å². The van der Waals surface area contributed by atoms with Crippen molar-refractivity contribution in [3.05, 3.63) is 65.0 Å². The van der Waals surface area contributed by atoms with Crippen molar-refractivity contribution in [2.75, 3.05) is 5.32 Å². The van der Waals surface area contributed by atoms with E-state index in [0.29, 0.717) is 11.3 Å². The molecule has 0 spiro atoms. The number of anilines is 1. The van der Waals surface area contributed by atoms with Crippen molar-refractivity contribution in [3.63, 3.8) is 0 Å². The van der Waals surface area contributed by atoms with Crippen LogP contribution in [0.25, 0.3) is 0 Å². The fourth-order valence-electron chi connectivity index (χ4n) is 2.62. The van der Waals surface area contributed by atoms with E-state index >= 15 is 0 Å². The van der Waals surface area contributed by atoms with Gasteiger partial charge < -0.3 is 15.4 Å². The van der Waals surface area contributed by atoms with Crippen LogP contribution < -0.4 is 10.6 Å². The summed E-state index contributed by atoms with van der Waals surface area (Å²) in [6.45, 7) is 6.30. The number of aryl methyl sites for hydroxylation is 1. The average Bonchev–Trinajstić information content (AvgIpc) is 2.63. The van der Waals surface area contributed by atoms with E-state index in [1.165, 1.54) is 32.0 Å². The van der Waals surface area contributed by atoms with Crippen LogP contribution in [0.4, 0.5) is 10.1 Å². The summed E-state index contributed by atoms with van der Waals surface area (Å²) < 4.78 is 18.3. The fraction of sp³-hybridized carbons (Fsp3) is 0.286. The molecule has 28 heavy (non-hydrogen) atoms. The first-order valence-corrected chi connectivity index (χ1v) is 8.83. The second kappa shape index (κ2) is 9.12. The highest BCUT2D eigenvalue weighted by Crippen LogP contribution is 2.22. The number of hydrogen-bond acceptors (Lipinski definition) is 4. The van der Waals surface area contributed by atoms with Crippen LogP contribution in [0.2, 0.25) is 0 Å². The van der Waals surface area contributed by atoms with Gasteiger partial charge in [0.1, 0.15) is 5.82 Å². The molecule has 0 aliphatic rings. The van der Waals surface area contributed by atoms with E-state index in [1.54, 1.807) is 38.1 Å². The summed E-state index contributed by atoms with van der Waals surface area (Å²) in [4.78, 5) is 36.3. The number of esters is 1. The highest BCUT2D eigenvalue weighted by atomic mass is 19.1. The summed E-state index contributed by atoms with van der Waals surface area (Å²) in [6.07, 6.45) is -1.05. The first-order valence-electron chi connectivity index (χ1n) is 8.83. The third kappa shape index (κ3) is 5.39. The first-order chi connectivity index (χ1) is 13.2. The topological polar surface area (TPSA) is 84.5 Å². The molecule has 2 aromatic rings. The van der Waals surface area contributed by atoms with Crippen LogP contribution in [0.5, 0.6) is 0 Å². The predicted molar refractivity (Wildman–Crippen MR) is 103 cm³/mol. The number of carbonyl (C=O) groups is 3. The highest BCUT2D eigenvalue weighted by molar-refractivity contribution is 6.02. The molecule has 0 aliphatic heterocycles. The first kappa shape index (κ1) is 21.1. The molecule has 2 amide bonds. The number of nitrogens with one attached hydrogen (secondary N) is 2. The summed E-state index contributed by atoms with van der Waals surface area (Å²) in [7, 11) is 0. The van der Waals surface area contributed by atoms with Crippen molar-refractivity contribution in [2.45, 2.75) is 39.8 Å². The lowest BCUT2D eigenvalue weighted by Crippen LogP contribution is -2.37. The SMILES string of the molecule is CC(=O)Nc1c(C)cccc1C(=O)OC(C)C(=O)NC(C)c1ccc(F)cc1. The molecule has 2 aromatic carbocycles. The molecule has 0 radical (unpaired) electrons. The number of ether oxygens (including phenoxy) is 1. The Labute approximate surface area is 163 Å². The van der Waals surface area contributed by atoms with Gasteiger partial charge in [-0.3, -0.25) is 9.59 Å². The smallest absolute Gasteiger partial charge is 0.341 e. The molecule has 6 nitrogen and oxygen atoms in total. The Balaban J connectivity index is 2.05. The van der Waals surface area contributed by atoms with Gasteiger partial charge in [0.15, 0.2) is 6.10 Å². The lowest BCUT2D eigenvalue weighted by atomic mass is 10.1. The van der Waals surface area contributed by atoms with Crippen LogP contribution in [-0.4, -0.2) is 23.9 Å². The van der Waals surface area contributed by atoms with Gasteiger partial charge in [0.05, 0.1) is 17.3 Å². The van der Waals surface area contributed by atoms with Gasteiger partial charge in [0.2, 0.25) is 5.91 Å². The van der Waals surface area contributed by atoms with Gasteiger partial charge in [0, 0.05) is 6.92 Å². The predicted octanol–water partition coefficient (Wildman–Crippen LogP) is 3.52. The molecule has 0 bridgehead atoms. The lowest BCUT2D eigenvalue weighted by Gasteiger charge is -2.19. The van der Waals surface area contributed by atoms with Crippen molar-refractivity contribution < 1.29 is 23.5 Å². The van der Waals surface area contributed by atoms with Crippen LogP contribution >= 0.6 is 0 Å². The van der Waals surface area contributed by atoms with Crippen molar-refractivity contribution in [3.8, 4) is 0 Å². The van der Waals surface area contributed by atoms with Gasteiger partial charge in [-0.15, -0.1) is 0 Å². The fourth-order valence-corrected chi connectivity index (χ4v) is 2.62. The molecule has 2 atom stereocenters. The quantitative estimate of drug-likeness (QED) is 0.744. The summed E-state index contributed by atoms with van der Waals surface area (Å²) in [5.74, 6) is -1.89. The molecular weight excluding hydrogens is 363 g/mol. The average molecular weight is 386 g/mol. The number of amides is 2. The Morgan fingerprint density at radius 3 is 2.29 bits per heavy atom. The molecule has 2 rings (SSSR count). The van der Waals surface area contributed by atoms with E-state index in [-0.39, 0.29) is 23.3 Å². The molecule has 0 saturated heterocycles. The minimum atomic E-state index is -1.05. The number of halogens is 1. The van der Waals surface area contributed by atoms with E-state index in [0.717, 1.165) is 5.56 Å². The van der Waals surface area contributed by atoms with Crippen molar-refractivity contribution in [1.82, 2.24) is 5.32 Å². The molecule has 0 saturated carbocycles. The van der Waals surface area contributed by atoms with Crippen LogP contribution in [0.15, 0.2) is 42.5 Å². The van der Waals surface area contributed by atoms with Gasteiger partial charge in [0.25, 0.3) is 5.91 Å². The van der Waals surface area contributed by atoms with Gasteiger partial charge in [-0.05, 0) is 50.1 Å². The third-order valence-electron chi connectivity index (χ3n) is 4.18. The van der Waals surface area contributed by atoms with E-state index in [1.807, 2.05) is 0 Å². The van der Waals surface area contributed by atoms with Crippen LogP contribution in [-0.2, 0) is 14.3 Å². The summed E-state index contributed by atoms with van der Waals surface area (Å²) in [5, 5.41) is 5.33. The second-order valence-electron chi connectivity index (χ2n) is 6.51. The summed E-state index contributed by atoms with van der Waals surface area (Å²) in [5.41, 5.74) is 1.94. The van der Waals surface area contributed by atoms with E-state index in [4.69, 9.17) is 4.74 Å². The molecular formula is C21H23FN2O4. The number of carbonyl (C=O) groups excluding carboxylic acids is 3. The Hall–Kier alpha value is -3.22. The minimum Gasteiger partial charge on any atom is -0.449 e. The minimum absolute atomic E-state index is 0.168. The number of para-hydroxylation sites is 1. The molecule has 148 valence electrons. The van der Waals surface area contributed by atoms with Crippen LogP contribution in [0.1, 0.15) is 48.3 Å². The number of benzene rings is 2. The lowest BCUT2D eigenvalue weighted by molar-refractivity contribution is -0.129. The highest BCUT2D eigenvalue weighted by Gasteiger charge is 2.23. The summed E-state index contributed by atoms with van der Waals surface area (Å²) in [6, 6.07) is 10.3. The van der Waals surface area contributed by atoms with Crippen molar-refractivity contribution in [1.29, 1.82) is 0 Å². The van der Waals surface area contributed by atoms with Gasteiger partial charge in [-0.25, -0.2) is 9.18 Å². The largest absolute Gasteiger partial charge is 0.449 e. The maximum atomic E-state index is 13.0. The zero-order valence-electron chi connectivity index (χ0n) is 16.2. The monoisotopic (exact) mass is 386 g/mol. The molecule has 0 fully saturated rings. The molecule has 0 heterocycles. The number of hydrogen-bond donors (Lipinski definition) is 2. The normalized spacial score (nSPS) is 12.6. The van der Waals surface area contributed by atoms with Crippen LogP contribution in [0.3, 0.4) is 0 Å². The van der Waals surface area contributed by atoms with Gasteiger partial charge >= 0.3 is 5.97 Å². The third-order valence-corrected chi connectivity index (χ3v) is 4.18. The molecule has 0 aromatic heterocycles. The standard InChI is InChI=1S/C21H23FN2O4/c1-12-6-5-7-18(19(12)24-15(4)25)21(27)28-14(3)20(26)23-13(2)16-8-10-17(22)11-9-16/h5-11,13-14H,1-4H3,(H,23,26)(H,24,25). The van der Waals surface area contributed by atoms with Crippen molar-refractivity contribution >= 4 is 23.5 Å². The number of rotatable bonds is 6. The Morgan fingerprint density at radius 2 is 1.68 bits per heavy atom. The Bertz CT molecular complexity index is 880. The Morgan fingerprint density at radius 1 is 1.04 bits per heavy atom. The van der Waals surface area contributed by atoms with E-state index < -0.39 is 18.0 Å². The van der Waals surface area contributed by atoms with Crippen molar-refractivity contribution in [2.24, 2.45) is 0 Å². The molecule has 2 N–H and O–H groups in total. The summed E-state index contributed by atoms with van der Waals surface area (Å²) >= 11 is 0. The Kier molecular flexibility index (Phi) is 6.87. The zero-order chi connectivity index (χ0) is 20.8.